The zero-order valence-corrected chi connectivity index (χ0v) is 25.8. The third-order valence-corrected chi connectivity index (χ3v) is 9.36. The molecule has 9 rings (SSSR count). The molecule has 4 heteroatoms. The fourth-order valence-electron chi connectivity index (χ4n) is 7.33. The molecular weight excluding hydrogens is 585 g/mol. The van der Waals surface area contributed by atoms with Crippen molar-refractivity contribution in [3.05, 3.63) is 169 Å². The van der Waals surface area contributed by atoms with Gasteiger partial charge in [-0.25, -0.2) is 0 Å². The Morgan fingerprint density at radius 1 is 0.375 bits per heavy atom. The van der Waals surface area contributed by atoms with Crippen LogP contribution in [0.2, 0.25) is 0 Å². The first-order chi connectivity index (χ1) is 23.7. The Balaban J connectivity index is 1.29. The van der Waals surface area contributed by atoms with Crippen molar-refractivity contribution in [3.8, 4) is 45.8 Å². The standard InChI is InChI=1S/C44H26N4/c45-27-29-21-22-44-39(25-29)38-16-6-7-17-40(38)47(44)32-24-30(28-46)23-31(26-32)33-11-1-2-12-34(33)35-13-3-8-18-41(35)48-42-19-9-4-14-36(42)37-15-5-10-20-43(37)48/h1-26H. The summed E-state index contributed by atoms with van der Waals surface area (Å²) in [5, 5.41) is 24.4. The summed E-state index contributed by atoms with van der Waals surface area (Å²) in [7, 11) is 0. The molecule has 0 aliphatic rings. The zero-order valence-electron chi connectivity index (χ0n) is 25.8. The highest BCUT2D eigenvalue weighted by Gasteiger charge is 2.19. The number of para-hydroxylation sites is 4. The van der Waals surface area contributed by atoms with Gasteiger partial charge in [0, 0.05) is 32.8 Å². The molecule has 0 radical (unpaired) electrons. The second kappa shape index (κ2) is 10.9. The van der Waals surface area contributed by atoms with E-state index in [4.69, 9.17) is 0 Å². The summed E-state index contributed by atoms with van der Waals surface area (Å²) in [4.78, 5) is 0. The molecule has 4 nitrogen and oxygen atoms in total. The first kappa shape index (κ1) is 27.4. The van der Waals surface area contributed by atoms with Gasteiger partial charge in [0.05, 0.1) is 51.0 Å². The van der Waals surface area contributed by atoms with Crippen molar-refractivity contribution in [1.29, 1.82) is 10.5 Å². The Morgan fingerprint density at radius 2 is 0.896 bits per heavy atom. The molecule has 0 N–H and O–H groups in total. The average Bonchev–Trinajstić information content (AvgIpc) is 3.67. The number of hydrogen-bond donors (Lipinski definition) is 0. The molecular formula is C44H26N4. The largest absolute Gasteiger partial charge is 0.309 e. The molecule has 0 aliphatic carbocycles. The van der Waals surface area contributed by atoms with E-state index in [1.807, 2.05) is 42.5 Å². The van der Waals surface area contributed by atoms with Crippen LogP contribution in [0.5, 0.6) is 0 Å². The van der Waals surface area contributed by atoms with Crippen LogP contribution in [0.4, 0.5) is 0 Å². The Kier molecular flexibility index (Phi) is 6.22. The quantitative estimate of drug-likeness (QED) is 0.199. The molecule has 0 amide bonds. The summed E-state index contributed by atoms with van der Waals surface area (Å²) in [6, 6.07) is 59.0. The van der Waals surface area contributed by atoms with E-state index in [0.29, 0.717) is 11.1 Å². The molecule has 0 saturated carbocycles. The highest BCUT2D eigenvalue weighted by atomic mass is 15.0. The number of nitrogens with zero attached hydrogens (tertiary/aromatic N) is 4. The molecule has 0 bridgehead atoms. The summed E-state index contributed by atoms with van der Waals surface area (Å²) >= 11 is 0. The Morgan fingerprint density at radius 3 is 1.56 bits per heavy atom. The van der Waals surface area contributed by atoms with Crippen LogP contribution in [0.25, 0.3) is 77.2 Å². The molecule has 2 aromatic heterocycles. The normalized spacial score (nSPS) is 11.3. The van der Waals surface area contributed by atoms with Crippen LogP contribution in [0.1, 0.15) is 11.1 Å². The topological polar surface area (TPSA) is 57.4 Å². The van der Waals surface area contributed by atoms with Gasteiger partial charge < -0.3 is 9.13 Å². The molecule has 0 saturated heterocycles. The molecule has 9 aromatic rings. The first-order valence-electron chi connectivity index (χ1n) is 15.9. The fraction of sp³-hybridized carbons (Fsp3) is 0. The molecule has 0 spiro atoms. The first-order valence-corrected chi connectivity index (χ1v) is 15.9. The van der Waals surface area contributed by atoms with E-state index in [0.717, 1.165) is 66.5 Å². The smallest absolute Gasteiger partial charge is 0.0992 e. The lowest BCUT2D eigenvalue weighted by molar-refractivity contribution is 1.18. The Bertz CT molecular complexity index is 2760. The van der Waals surface area contributed by atoms with Crippen molar-refractivity contribution in [2.24, 2.45) is 0 Å². The van der Waals surface area contributed by atoms with Crippen LogP contribution in [-0.4, -0.2) is 9.13 Å². The van der Waals surface area contributed by atoms with Crippen molar-refractivity contribution in [1.82, 2.24) is 9.13 Å². The highest BCUT2D eigenvalue weighted by molar-refractivity contribution is 6.11. The predicted molar refractivity (Wildman–Crippen MR) is 195 cm³/mol. The van der Waals surface area contributed by atoms with Gasteiger partial charge in [-0.05, 0) is 77.4 Å². The summed E-state index contributed by atoms with van der Waals surface area (Å²) in [6.45, 7) is 0. The van der Waals surface area contributed by atoms with Crippen LogP contribution in [0.3, 0.4) is 0 Å². The van der Waals surface area contributed by atoms with Gasteiger partial charge in [0.15, 0.2) is 0 Å². The van der Waals surface area contributed by atoms with E-state index in [-0.39, 0.29) is 0 Å². The number of nitriles is 2. The van der Waals surface area contributed by atoms with Crippen molar-refractivity contribution >= 4 is 43.6 Å². The lowest BCUT2D eigenvalue weighted by Gasteiger charge is -2.18. The van der Waals surface area contributed by atoms with Crippen LogP contribution < -0.4 is 0 Å². The number of aromatic nitrogens is 2. The SMILES string of the molecule is N#Cc1cc(-c2ccccc2-c2ccccc2-n2c3ccccc3c3ccccc32)cc(-n2c3ccccc3c3cc(C#N)ccc32)c1. The Labute approximate surface area is 277 Å². The summed E-state index contributed by atoms with van der Waals surface area (Å²) in [5.41, 5.74) is 11.7. The number of benzene rings is 7. The van der Waals surface area contributed by atoms with Crippen LogP contribution >= 0.6 is 0 Å². The van der Waals surface area contributed by atoms with E-state index in [9.17, 15) is 10.5 Å². The van der Waals surface area contributed by atoms with Crippen molar-refractivity contribution in [2.45, 2.75) is 0 Å². The molecule has 0 fully saturated rings. The minimum Gasteiger partial charge on any atom is -0.309 e. The van der Waals surface area contributed by atoms with E-state index in [2.05, 4.69) is 137 Å². The lowest BCUT2D eigenvalue weighted by Crippen LogP contribution is -1.99. The molecule has 7 aromatic carbocycles. The summed E-state index contributed by atoms with van der Waals surface area (Å²) in [6.07, 6.45) is 0. The molecule has 0 aliphatic heterocycles. The fourth-order valence-corrected chi connectivity index (χ4v) is 7.33. The van der Waals surface area contributed by atoms with Crippen molar-refractivity contribution in [2.75, 3.05) is 0 Å². The summed E-state index contributed by atoms with van der Waals surface area (Å²) < 4.78 is 4.56. The van der Waals surface area contributed by atoms with Crippen LogP contribution in [0, 0.1) is 22.7 Å². The molecule has 0 unspecified atom stereocenters. The third kappa shape index (κ3) is 4.14. The maximum Gasteiger partial charge on any atom is 0.0992 e. The molecule has 48 heavy (non-hydrogen) atoms. The highest BCUT2D eigenvalue weighted by Crippen LogP contribution is 2.41. The second-order valence-electron chi connectivity index (χ2n) is 12.0. The van der Waals surface area contributed by atoms with Gasteiger partial charge in [-0.15, -0.1) is 0 Å². The van der Waals surface area contributed by atoms with E-state index in [1.165, 1.54) is 10.8 Å². The van der Waals surface area contributed by atoms with Gasteiger partial charge in [0.1, 0.15) is 0 Å². The second-order valence-corrected chi connectivity index (χ2v) is 12.0. The van der Waals surface area contributed by atoms with E-state index >= 15 is 0 Å². The van der Waals surface area contributed by atoms with Gasteiger partial charge in [-0.1, -0.05) is 97.1 Å². The van der Waals surface area contributed by atoms with E-state index in [1.54, 1.807) is 0 Å². The van der Waals surface area contributed by atoms with Crippen molar-refractivity contribution < 1.29 is 0 Å². The van der Waals surface area contributed by atoms with Gasteiger partial charge in [-0.3, -0.25) is 0 Å². The van der Waals surface area contributed by atoms with Gasteiger partial charge in [-0.2, -0.15) is 10.5 Å². The van der Waals surface area contributed by atoms with Gasteiger partial charge in [0.25, 0.3) is 0 Å². The van der Waals surface area contributed by atoms with Crippen molar-refractivity contribution in [3.63, 3.8) is 0 Å². The maximum absolute atomic E-state index is 10.3. The Hall–Kier alpha value is -6.88. The summed E-state index contributed by atoms with van der Waals surface area (Å²) in [5.74, 6) is 0. The predicted octanol–water partition coefficient (Wildman–Crippen LogP) is 11.0. The average molecular weight is 611 g/mol. The van der Waals surface area contributed by atoms with Crippen LogP contribution in [0.15, 0.2) is 158 Å². The number of rotatable bonds is 4. The maximum atomic E-state index is 10.3. The number of hydrogen-bond acceptors (Lipinski definition) is 2. The number of fused-ring (bicyclic) bond motifs is 6. The van der Waals surface area contributed by atoms with Gasteiger partial charge >= 0.3 is 0 Å². The molecule has 0 atom stereocenters. The van der Waals surface area contributed by atoms with Crippen LogP contribution in [-0.2, 0) is 0 Å². The molecule has 222 valence electrons. The lowest BCUT2D eigenvalue weighted by atomic mass is 9.92. The van der Waals surface area contributed by atoms with E-state index < -0.39 is 0 Å². The zero-order chi connectivity index (χ0) is 32.2. The third-order valence-electron chi connectivity index (χ3n) is 9.36. The minimum absolute atomic E-state index is 0.576. The minimum atomic E-state index is 0.576. The van der Waals surface area contributed by atoms with Gasteiger partial charge in [0.2, 0.25) is 0 Å². The monoisotopic (exact) mass is 610 g/mol. The molecule has 2 heterocycles.